The first-order valence-corrected chi connectivity index (χ1v) is 12.5. The molecule has 1 saturated heterocycles. The van der Waals surface area contributed by atoms with Crippen LogP contribution < -0.4 is 5.32 Å². The number of carbonyl (C=O) groups is 4. The molecule has 39 heavy (non-hydrogen) atoms. The highest BCUT2D eigenvalue weighted by Gasteiger charge is 2.61. The fraction of sp³-hybridized carbons (Fsp3) is 0.241. The second-order valence-corrected chi connectivity index (χ2v) is 9.99. The molecule has 1 aliphatic heterocycles. The van der Waals surface area contributed by atoms with Gasteiger partial charge in [-0.2, -0.15) is 0 Å². The zero-order valence-corrected chi connectivity index (χ0v) is 20.8. The Morgan fingerprint density at radius 3 is 1.90 bits per heavy atom. The van der Waals surface area contributed by atoms with Gasteiger partial charge in [0, 0.05) is 29.2 Å². The van der Waals surface area contributed by atoms with Crippen LogP contribution in [-0.4, -0.2) is 46.7 Å². The van der Waals surface area contributed by atoms with Gasteiger partial charge in [-0.1, -0.05) is 54.6 Å². The van der Waals surface area contributed by atoms with Crippen LogP contribution >= 0.6 is 0 Å². The number of benzene rings is 3. The Bertz CT molecular complexity index is 1470. The van der Waals surface area contributed by atoms with Crippen molar-refractivity contribution in [2.75, 3.05) is 18.5 Å². The first-order chi connectivity index (χ1) is 18.8. The van der Waals surface area contributed by atoms with Gasteiger partial charge in [0.2, 0.25) is 11.8 Å². The van der Waals surface area contributed by atoms with Crippen molar-refractivity contribution in [3.05, 3.63) is 105 Å². The molecule has 10 nitrogen and oxygen atoms in total. The van der Waals surface area contributed by atoms with Crippen LogP contribution in [0.4, 0.5) is 11.4 Å². The molecule has 4 aliphatic rings. The van der Waals surface area contributed by atoms with E-state index in [4.69, 9.17) is 4.74 Å². The van der Waals surface area contributed by atoms with Gasteiger partial charge in [-0.05, 0) is 35.2 Å². The molecule has 3 aliphatic carbocycles. The summed E-state index contributed by atoms with van der Waals surface area (Å²) in [6.07, 6.45) is 0. The van der Waals surface area contributed by atoms with Gasteiger partial charge in [-0.3, -0.25) is 34.2 Å². The van der Waals surface area contributed by atoms with E-state index in [0.29, 0.717) is 5.56 Å². The van der Waals surface area contributed by atoms with Crippen molar-refractivity contribution in [2.45, 2.75) is 18.8 Å². The number of ether oxygens (including phenoxy) is 1. The molecule has 7 rings (SSSR count). The number of amides is 3. The standard InChI is InChI=1S/C29H23N3O7/c1-15-10-11-16(12-21(15)32(37)38)30-22(33)14-39-23(34)13-31-28(35)26-24-17-6-2-3-7-18(17)25(27(26)29(31)36)20-9-5-4-8-19(20)24/h2-12,24-27H,13-14H2,1H3,(H,30,33)/t24?,25?,26-,27-/m0/s1. The van der Waals surface area contributed by atoms with E-state index < -0.39 is 53.6 Å². The van der Waals surface area contributed by atoms with E-state index in [1.165, 1.54) is 18.2 Å². The molecule has 0 aromatic heterocycles. The predicted octanol–water partition coefficient (Wildman–Crippen LogP) is 3.28. The topological polar surface area (TPSA) is 136 Å². The molecule has 0 spiro atoms. The molecule has 0 unspecified atom stereocenters. The summed E-state index contributed by atoms with van der Waals surface area (Å²) >= 11 is 0. The summed E-state index contributed by atoms with van der Waals surface area (Å²) in [6.45, 7) is 0.303. The number of nitro groups is 1. The summed E-state index contributed by atoms with van der Waals surface area (Å²) < 4.78 is 5.05. The molecule has 1 N–H and O–H groups in total. The van der Waals surface area contributed by atoms with Gasteiger partial charge in [0.15, 0.2) is 6.61 Å². The van der Waals surface area contributed by atoms with Crippen LogP contribution in [0.3, 0.4) is 0 Å². The molecule has 3 aromatic carbocycles. The smallest absolute Gasteiger partial charge is 0.326 e. The Hall–Kier alpha value is -4.86. The predicted molar refractivity (Wildman–Crippen MR) is 138 cm³/mol. The van der Waals surface area contributed by atoms with Crippen LogP contribution in [-0.2, 0) is 23.9 Å². The lowest BCUT2D eigenvalue weighted by molar-refractivity contribution is -0.385. The minimum absolute atomic E-state index is 0.157. The third-order valence-corrected chi connectivity index (χ3v) is 7.88. The molecular formula is C29H23N3O7. The Morgan fingerprint density at radius 1 is 0.897 bits per heavy atom. The molecule has 2 bridgehead atoms. The van der Waals surface area contributed by atoms with Crippen molar-refractivity contribution in [1.29, 1.82) is 0 Å². The number of carbonyl (C=O) groups excluding carboxylic acids is 4. The maximum absolute atomic E-state index is 13.6. The van der Waals surface area contributed by atoms with Gasteiger partial charge in [0.05, 0.1) is 16.8 Å². The minimum atomic E-state index is -0.900. The van der Waals surface area contributed by atoms with Gasteiger partial charge in [0.1, 0.15) is 6.54 Å². The third kappa shape index (κ3) is 3.87. The average Bonchev–Trinajstić information content (AvgIpc) is 3.18. The van der Waals surface area contributed by atoms with Crippen LogP contribution in [0.15, 0.2) is 66.7 Å². The summed E-state index contributed by atoms with van der Waals surface area (Å²) in [6, 6.07) is 19.9. The van der Waals surface area contributed by atoms with Gasteiger partial charge in [0.25, 0.3) is 11.6 Å². The molecular weight excluding hydrogens is 502 g/mol. The second-order valence-electron chi connectivity index (χ2n) is 9.99. The van der Waals surface area contributed by atoms with Crippen LogP contribution in [0.2, 0.25) is 0 Å². The lowest BCUT2D eigenvalue weighted by Crippen LogP contribution is -2.41. The molecule has 3 aromatic rings. The zero-order valence-electron chi connectivity index (χ0n) is 20.8. The highest BCUT2D eigenvalue weighted by molar-refractivity contribution is 6.09. The van der Waals surface area contributed by atoms with Crippen molar-refractivity contribution >= 4 is 35.1 Å². The summed E-state index contributed by atoms with van der Waals surface area (Å²) in [5.41, 5.74) is 4.57. The van der Waals surface area contributed by atoms with Gasteiger partial charge in [-0.25, -0.2) is 0 Å². The number of aryl methyl sites for hydroxylation is 1. The second kappa shape index (κ2) is 9.16. The van der Waals surface area contributed by atoms with E-state index in [0.717, 1.165) is 27.2 Å². The van der Waals surface area contributed by atoms with Crippen LogP contribution in [0.5, 0.6) is 0 Å². The number of imide groups is 1. The third-order valence-electron chi connectivity index (χ3n) is 7.88. The number of nitro benzene ring substituents is 1. The zero-order chi connectivity index (χ0) is 27.4. The number of nitrogens with one attached hydrogen (secondary N) is 1. The van der Waals surface area contributed by atoms with E-state index >= 15 is 0 Å². The summed E-state index contributed by atoms with van der Waals surface area (Å²) in [5.74, 6) is -4.24. The molecule has 0 radical (unpaired) electrons. The molecule has 196 valence electrons. The number of nitrogens with zero attached hydrogens (tertiary/aromatic N) is 2. The number of hydrogen-bond acceptors (Lipinski definition) is 7. The molecule has 1 heterocycles. The lowest BCUT2D eigenvalue weighted by Gasteiger charge is -2.45. The number of anilines is 1. The van der Waals surface area contributed by atoms with Crippen molar-refractivity contribution in [3.8, 4) is 0 Å². The minimum Gasteiger partial charge on any atom is -0.454 e. The quantitative estimate of drug-likeness (QED) is 0.226. The lowest BCUT2D eigenvalue weighted by atomic mass is 9.55. The Morgan fingerprint density at radius 2 is 1.41 bits per heavy atom. The van der Waals surface area contributed by atoms with Crippen molar-refractivity contribution < 1.29 is 28.8 Å². The SMILES string of the molecule is Cc1ccc(NC(=O)COC(=O)CN2C(=O)[C@H]3C4c5ccccc5C(c5ccccc54)[C@@H]3C2=O)cc1[N+](=O)[O-]. The molecule has 3 amide bonds. The number of hydrogen-bond donors (Lipinski definition) is 1. The largest absolute Gasteiger partial charge is 0.454 e. The van der Waals surface area contributed by atoms with Crippen LogP contribution in [0.1, 0.15) is 39.7 Å². The Kier molecular flexibility index (Phi) is 5.75. The molecule has 10 heteroatoms. The number of rotatable bonds is 6. The van der Waals surface area contributed by atoms with Crippen molar-refractivity contribution in [2.24, 2.45) is 11.8 Å². The normalized spacial score (nSPS) is 22.1. The van der Waals surface area contributed by atoms with Crippen molar-refractivity contribution in [1.82, 2.24) is 4.90 Å². The van der Waals surface area contributed by atoms with E-state index in [1.54, 1.807) is 6.92 Å². The number of likely N-dealkylation sites (tertiary alicyclic amines) is 1. The first kappa shape index (κ1) is 24.5. The highest BCUT2D eigenvalue weighted by atomic mass is 16.6. The molecule has 1 fully saturated rings. The maximum Gasteiger partial charge on any atom is 0.326 e. The summed E-state index contributed by atoms with van der Waals surface area (Å²) in [4.78, 5) is 63.5. The van der Waals surface area contributed by atoms with E-state index in [9.17, 15) is 29.3 Å². The van der Waals surface area contributed by atoms with Crippen LogP contribution in [0, 0.1) is 28.9 Å². The van der Waals surface area contributed by atoms with Gasteiger partial charge in [-0.15, -0.1) is 0 Å². The van der Waals surface area contributed by atoms with Gasteiger partial charge < -0.3 is 10.1 Å². The Balaban J connectivity index is 1.15. The highest BCUT2D eigenvalue weighted by Crippen LogP contribution is 2.60. The van der Waals surface area contributed by atoms with E-state index in [1.807, 2.05) is 48.5 Å². The molecule has 2 atom stereocenters. The van der Waals surface area contributed by atoms with E-state index in [2.05, 4.69) is 5.32 Å². The summed E-state index contributed by atoms with van der Waals surface area (Å²) in [5, 5.41) is 13.6. The van der Waals surface area contributed by atoms with Crippen LogP contribution in [0.25, 0.3) is 0 Å². The molecule has 0 saturated carbocycles. The number of esters is 1. The average molecular weight is 526 g/mol. The Labute approximate surface area is 222 Å². The van der Waals surface area contributed by atoms with Crippen molar-refractivity contribution in [3.63, 3.8) is 0 Å². The van der Waals surface area contributed by atoms with Gasteiger partial charge >= 0.3 is 5.97 Å². The monoisotopic (exact) mass is 525 g/mol. The maximum atomic E-state index is 13.6. The summed E-state index contributed by atoms with van der Waals surface area (Å²) in [7, 11) is 0. The fourth-order valence-electron chi connectivity index (χ4n) is 6.30. The van der Waals surface area contributed by atoms with E-state index in [-0.39, 0.29) is 23.2 Å². The first-order valence-electron chi connectivity index (χ1n) is 12.5. The fourth-order valence-corrected chi connectivity index (χ4v) is 6.30.